The molecule has 1 saturated heterocycles. The molecule has 0 atom stereocenters. The number of hydrogen-bond donors (Lipinski definition) is 0. The second kappa shape index (κ2) is 8.27. The van der Waals surface area contributed by atoms with Crippen molar-refractivity contribution in [2.45, 2.75) is 69.5 Å². The first-order valence-corrected chi connectivity index (χ1v) is 10.8. The number of nitrogens with zero attached hydrogens (tertiary/aromatic N) is 1. The van der Waals surface area contributed by atoms with Gasteiger partial charge in [0.05, 0.1) is 11.6 Å². The van der Waals surface area contributed by atoms with E-state index in [1.54, 1.807) is 6.04 Å². The lowest BCUT2D eigenvalue weighted by molar-refractivity contribution is 0.602. The summed E-state index contributed by atoms with van der Waals surface area (Å²) in [5.74, 6) is 0.766. The van der Waals surface area contributed by atoms with Crippen molar-refractivity contribution >= 4 is 8.80 Å². The highest BCUT2D eigenvalue weighted by Gasteiger charge is 2.22. The van der Waals surface area contributed by atoms with Gasteiger partial charge in [-0.3, -0.25) is 0 Å². The molecule has 2 rings (SSSR count). The minimum atomic E-state index is -0.399. The van der Waals surface area contributed by atoms with Crippen LogP contribution in [0.1, 0.15) is 62.5 Å². The summed E-state index contributed by atoms with van der Waals surface area (Å²) >= 11 is 0. The Labute approximate surface area is 125 Å². The third-order valence-electron chi connectivity index (χ3n) is 4.82. The summed E-state index contributed by atoms with van der Waals surface area (Å²) < 4.78 is 0. The molecule has 1 aromatic carbocycles. The predicted octanol–water partition coefficient (Wildman–Crippen LogP) is 5.24. The van der Waals surface area contributed by atoms with E-state index in [1.165, 1.54) is 56.2 Å². The Hall–Kier alpha value is -1.07. The van der Waals surface area contributed by atoms with Gasteiger partial charge in [-0.25, -0.2) is 0 Å². The molecule has 0 spiro atoms. The summed E-state index contributed by atoms with van der Waals surface area (Å²) in [6.45, 7) is 2.29. The zero-order chi connectivity index (χ0) is 14.2. The monoisotopic (exact) mass is 285 g/mol. The standard InChI is InChI=1S/C18H27NSi/c1-2-3-4-5-12-20-13-10-18(11-14-20)17-8-6-16(15-19)7-9-17/h6-9,18,20H,2-5,10-14H2,1H3/t18-,20-. The number of hydrogen-bond acceptors (Lipinski definition) is 1. The number of rotatable bonds is 6. The van der Waals surface area contributed by atoms with Gasteiger partial charge in [-0.2, -0.15) is 5.26 Å². The van der Waals surface area contributed by atoms with Crippen molar-refractivity contribution in [3.05, 3.63) is 35.4 Å². The molecular weight excluding hydrogens is 258 g/mol. The van der Waals surface area contributed by atoms with Crippen LogP contribution in [0.25, 0.3) is 0 Å². The molecule has 2 heteroatoms. The van der Waals surface area contributed by atoms with Crippen LogP contribution in [0.15, 0.2) is 24.3 Å². The summed E-state index contributed by atoms with van der Waals surface area (Å²) in [5, 5.41) is 8.85. The van der Waals surface area contributed by atoms with Crippen LogP contribution >= 0.6 is 0 Å². The van der Waals surface area contributed by atoms with Gasteiger partial charge in [0, 0.05) is 8.80 Å². The van der Waals surface area contributed by atoms with E-state index in [4.69, 9.17) is 5.26 Å². The Bertz CT molecular complexity index is 424. The third kappa shape index (κ3) is 4.49. The van der Waals surface area contributed by atoms with Crippen LogP contribution in [0.5, 0.6) is 0 Å². The van der Waals surface area contributed by atoms with Gasteiger partial charge in [0.25, 0.3) is 0 Å². The van der Waals surface area contributed by atoms with Crippen LogP contribution in [-0.2, 0) is 0 Å². The lowest BCUT2D eigenvalue weighted by Crippen LogP contribution is -2.20. The van der Waals surface area contributed by atoms with Crippen LogP contribution in [0.2, 0.25) is 18.1 Å². The van der Waals surface area contributed by atoms with Gasteiger partial charge in [0.1, 0.15) is 0 Å². The molecule has 108 valence electrons. The van der Waals surface area contributed by atoms with Crippen LogP contribution in [0.4, 0.5) is 0 Å². The minimum Gasteiger partial charge on any atom is -0.192 e. The molecule has 0 bridgehead atoms. The SMILES string of the molecule is CCCCCC[Si@H]1CC[C@H](c2ccc(C#N)cc2)CC1. The molecule has 0 N–H and O–H groups in total. The highest BCUT2D eigenvalue weighted by Crippen LogP contribution is 2.35. The average Bonchev–Trinajstić information content (AvgIpc) is 2.52. The fourth-order valence-corrected chi connectivity index (χ4v) is 6.95. The van der Waals surface area contributed by atoms with Gasteiger partial charge in [0.15, 0.2) is 0 Å². The van der Waals surface area contributed by atoms with Gasteiger partial charge >= 0.3 is 0 Å². The van der Waals surface area contributed by atoms with Crippen LogP contribution in [0, 0.1) is 11.3 Å². The van der Waals surface area contributed by atoms with Crippen molar-refractivity contribution in [3.63, 3.8) is 0 Å². The fraction of sp³-hybridized carbons (Fsp3) is 0.611. The minimum absolute atomic E-state index is 0.399. The molecule has 1 fully saturated rings. The maximum Gasteiger partial charge on any atom is 0.0991 e. The second-order valence-electron chi connectivity index (χ2n) is 6.30. The van der Waals surface area contributed by atoms with E-state index in [0.717, 1.165) is 11.5 Å². The number of nitriles is 1. The topological polar surface area (TPSA) is 23.8 Å². The summed E-state index contributed by atoms with van der Waals surface area (Å²) in [7, 11) is -0.399. The largest absolute Gasteiger partial charge is 0.192 e. The van der Waals surface area contributed by atoms with Crippen LogP contribution < -0.4 is 0 Å². The summed E-state index contributed by atoms with van der Waals surface area (Å²) in [4.78, 5) is 0. The van der Waals surface area contributed by atoms with Gasteiger partial charge in [-0.15, -0.1) is 0 Å². The van der Waals surface area contributed by atoms with Crippen molar-refractivity contribution in [2.75, 3.05) is 0 Å². The molecule has 0 aliphatic carbocycles. The highest BCUT2D eigenvalue weighted by atomic mass is 28.3. The molecule has 1 heterocycles. The van der Waals surface area contributed by atoms with E-state index in [2.05, 4.69) is 25.1 Å². The number of benzene rings is 1. The Morgan fingerprint density at radius 2 is 1.80 bits per heavy atom. The number of unbranched alkanes of at least 4 members (excludes halogenated alkanes) is 3. The summed E-state index contributed by atoms with van der Waals surface area (Å²) in [6.07, 6.45) is 8.53. The third-order valence-corrected chi connectivity index (χ3v) is 8.35. The molecule has 0 radical (unpaired) electrons. The molecule has 0 saturated carbocycles. The van der Waals surface area contributed by atoms with Gasteiger partial charge in [-0.05, 0) is 36.5 Å². The molecule has 1 aliphatic rings. The molecular formula is C18H27NSi. The molecule has 20 heavy (non-hydrogen) atoms. The zero-order valence-electron chi connectivity index (χ0n) is 12.8. The highest BCUT2D eigenvalue weighted by molar-refractivity contribution is 6.59. The van der Waals surface area contributed by atoms with Crippen LogP contribution in [0.3, 0.4) is 0 Å². The maximum atomic E-state index is 8.85. The Morgan fingerprint density at radius 3 is 2.40 bits per heavy atom. The summed E-state index contributed by atoms with van der Waals surface area (Å²) in [5.41, 5.74) is 2.25. The lowest BCUT2D eigenvalue weighted by atomic mass is 9.93. The molecule has 0 aromatic heterocycles. The quantitative estimate of drug-likeness (QED) is 0.518. The first-order valence-electron chi connectivity index (χ1n) is 8.33. The second-order valence-corrected chi connectivity index (χ2v) is 9.76. The van der Waals surface area contributed by atoms with Crippen molar-refractivity contribution in [1.82, 2.24) is 0 Å². The predicted molar refractivity (Wildman–Crippen MR) is 88.8 cm³/mol. The van der Waals surface area contributed by atoms with E-state index in [-0.39, 0.29) is 0 Å². The molecule has 1 nitrogen and oxygen atoms in total. The lowest BCUT2D eigenvalue weighted by Gasteiger charge is -2.28. The van der Waals surface area contributed by atoms with Crippen molar-refractivity contribution < 1.29 is 0 Å². The average molecular weight is 286 g/mol. The normalized spacial score (nSPS) is 22.4. The molecule has 1 aliphatic heterocycles. The van der Waals surface area contributed by atoms with E-state index in [9.17, 15) is 0 Å². The van der Waals surface area contributed by atoms with E-state index in [1.807, 2.05) is 12.1 Å². The molecule has 1 aromatic rings. The molecule has 0 unspecified atom stereocenters. The van der Waals surface area contributed by atoms with Crippen molar-refractivity contribution in [2.24, 2.45) is 0 Å². The van der Waals surface area contributed by atoms with E-state index < -0.39 is 8.80 Å². The Kier molecular flexibility index (Phi) is 6.33. The molecule has 0 amide bonds. The first-order chi connectivity index (χ1) is 9.83. The summed E-state index contributed by atoms with van der Waals surface area (Å²) in [6, 6.07) is 15.2. The Morgan fingerprint density at radius 1 is 1.10 bits per heavy atom. The Balaban J connectivity index is 1.74. The van der Waals surface area contributed by atoms with E-state index >= 15 is 0 Å². The van der Waals surface area contributed by atoms with Crippen LogP contribution in [-0.4, -0.2) is 8.80 Å². The fourth-order valence-electron chi connectivity index (χ4n) is 3.47. The smallest absolute Gasteiger partial charge is 0.0991 e. The van der Waals surface area contributed by atoms with Gasteiger partial charge in [-0.1, -0.05) is 62.9 Å². The first kappa shape index (κ1) is 15.3. The maximum absolute atomic E-state index is 8.85. The zero-order valence-corrected chi connectivity index (χ0v) is 13.9. The van der Waals surface area contributed by atoms with E-state index in [0.29, 0.717) is 0 Å². The van der Waals surface area contributed by atoms with Crippen molar-refractivity contribution in [1.29, 1.82) is 5.26 Å². The van der Waals surface area contributed by atoms with Crippen molar-refractivity contribution in [3.8, 4) is 6.07 Å². The van der Waals surface area contributed by atoms with Gasteiger partial charge < -0.3 is 0 Å². The van der Waals surface area contributed by atoms with Gasteiger partial charge in [0.2, 0.25) is 0 Å².